The van der Waals surface area contributed by atoms with Gasteiger partial charge in [-0.25, -0.2) is 4.79 Å². The minimum Gasteiger partial charge on any atom is -0.481 e. The Morgan fingerprint density at radius 1 is 0.488 bits per heavy atom. The fraction of sp³-hybridized carbons (Fsp3) is 0.552. The third-order valence-corrected chi connectivity index (χ3v) is 21.0. The predicted octanol–water partition coefficient (Wildman–Crippen LogP) is 0.971. The van der Waals surface area contributed by atoms with Crippen molar-refractivity contribution in [1.82, 2.24) is 78.1 Å². The van der Waals surface area contributed by atoms with Crippen molar-refractivity contribution in [3.63, 3.8) is 0 Å². The van der Waals surface area contributed by atoms with Gasteiger partial charge in [0.15, 0.2) is 11.7 Å². The summed E-state index contributed by atoms with van der Waals surface area (Å²) >= 11 is 0. The standard InChI is InChI=1S/C87H125N17O21/c1-6-57(4)77(85(123)103-49-24-32-67(103)80(118)99-66(86(124)125)51-56(2)3)100-81(119)68-33-23-48-102(68)82(120)62(40-41-75(112)113)97-78(116)63(52-59-27-9-7-10-28-59)98-79(117)64(54-76(114)115)96-74(111)39-18-22-45-93-73(110)38-17-21-44-92-72(109)37-16-20-43-91-71(108)36-15-19-42-90-70(107)35-14-13-31-61(106)55-101(47-26-46-94-87(88)89)84(122)69-34-25-50-104(69)83(121)65(95-58(5)105)53-60-29-11-8-12-30-60/h7-12,15-22,27-30,56-57,62-69,77H,6,13-14,23-26,31-55H2,1-5H3,(H,90,107)(H,91,108)(H,92,109)(H,93,110)(H,95,105)(H,96,111)(H,97,116)(H,98,117)(H,99,118)(H,100,119)(H,112,113)(H,114,115)(H,124,125)(H4,88,89,94)/b19-15+,20-16+,21-17+,22-18+/t57?,62-,63-,64-,65+,66-,67-,68-,69-,77-/m0/s1. The minimum absolute atomic E-state index is 0.00299. The van der Waals surface area contributed by atoms with E-state index in [1.807, 2.05) is 44.2 Å². The van der Waals surface area contributed by atoms with Gasteiger partial charge in [0, 0.05) is 124 Å². The van der Waals surface area contributed by atoms with Gasteiger partial charge in [-0.05, 0) is 93.6 Å². The van der Waals surface area contributed by atoms with Crippen LogP contribution in [0, 0.1) is 17.2 Å². The molecule has 3 saturated heterocycles. The van der Waals surface area contributed by atoms with Gasteiger partial charge in [0.05, 0.1) is 13.0 Å². The maximum atomic E-state index is 14.6. The summed E-state index contributed by atoms with van der Waals surface area (Å²) in [5.41, 5.74) is 6.77. The molecule has 38 heteroatoms. The number of ketones is 1. The SMILES string of the molecule is CCC(C)[C@H](NC(=O)[C@@H]1CCCN1C(=O)[C@H](CCC(=O)O)NC(=O)[C@H](Cc1ccccc1)NC(=O)[C@H](CC(=O)O)NC(=O)C/C=C/CNC(=O)C/C=C/CNC(=O)C/C=C/CNC(=O)C/C=C/CNC(=O)CCCCC(=O)CN(CCCNC(=N)N)C(=O)[C@@H]1CCCN1C(=O)[C@@H](Cc1ccccc1)NC(C)=O)C(=O)N1CCC[C@H]1C(=O)N[C@@H](CC(C)C)C(=O)O. The molecule has 0 spiro atoms. The molecule has 2 aromatic rings. The molecule has 0 aromatic heterocycles. The highest BCUT2D eigenvalue weighted by atomic mass is 16.4. The Balaban J connectivity index is 0.993. The summed E-state index contributed by atoms with van der Waals surface area (Å²) in [4.78, 5) is 244. The average molecular weight is 1750 g/mol. The molecule has 10 atom stereocenters. The molecule has 3 fully saturated rings. The van der Waals surface area contributed by atoms with Crippen LogP contribution in [-0.4, -0.2) is 267 Å². The summed E-state index contributed by atoms with van der Waals surface area (Å²) in [6.07, 6.45) is 13.6. The van der Waals surface area contributed by atoms with Crippen LogP contribution in [0.15, 0.2) is 109 Å². The van der Waals surface area contributed by atoms with Gasteiger partial charge in [-0.15, -0.1) is 0 Å². The second-order valence-corrected chi connectivity index (χ2v) is 31.5. The maximum absolute atomic E-state index is 14.6. The van der Waals surface area contributed by atoms with Crippen molar-refractivity contribution in [1.29, 1.82) is 5.41 Å². The number of likely N-dealkylation sites (tertiary alicyclic amines) is 3. The number of nitrogens with one attached hydrogen (secondary N) is 12. The summed E-state index contributed by atoms with van der Waals surface area (Å²) in [7, 11) is 0. The first-order chi connectivity index (χ1) is 59.6. The molecule has 5 rings (SSSR count). The molecule has 3 heterocycles. The Morgan fingerprint density at radius 2 is 0.944 bits per heavy atom. The smallest absolute Gasteiger partial charge is 0.326 e. The van der Waals surface area contributed by atoms with Gasteiger partial charge in [0.1, 0.15) is 54.4 Å². The van der Waals surface area contributed by atoms with E-state index in [0.717, 1.165) is 5.56 Å². The molecule has 38 nitrogen and oxygen atoms in total. The van der Waals surface area contributed by atoms with E-state index in [9.17, 15) is 102 Å². The van der Waals surface area contributed by atoms with Crippen LogP contribution in [0.1, 0.15) is 174 Å². The average Bonchev–Trinajstić information content (AvgIpc) is 1.71. The zero-order valence-electron chi connectivity index (χ0n) is 71.9. The highest BCUT2D eigenvalue weighted by Gasteiger charge is 2.45. The molecule has 0 radical (unpaired) electrons. The van der Waals surface area contributed by atoms with Crippen LogP contribution in [0.25, 0.3) is 0 Å². The second kappa shape index (κ2) is 55.5. The largest absolute Gasteiger partial charge is 0.481 e. The Kier molecular flexibility index (Phi) is 45.6. The molecular weight excluding hydrogens is 1620 g/mol. The van der Waals surface area contributed by atoms with Crippen LogP contribution >= 0.6 is 0 Å². The van der Waals surface area contributed by atoms with Crippen LogP contribution in [0.3, 0.4) is 0 Å². The van der Waals surface area contributed by atoms with E-state index >= 15 is 0 Å². The number of guanidine groups is 1. The van der Waals surface area contributed by atoms with Gasteiger partial charge >= 0.3 is 17.9 Å². The zero-order chi connectivity index (χ0) is 91.9. The van der Waals surface area contributed by atoms with Crippen LogP contribution in [0.2, 0.25) is 0 Å². The van der Waals surface area contributed by atoms with Crippen molar-refractivity contribution in [2.24, 2.45) is 17.6 Å². The number of rotatable bonds is 55. The van der Waals surface area contributed by atoms with Crippen molar-refractivity contribution in [3.05, 3.63) is 120 Å². The molecule has 0 bridgehead atoms. The molecule has 2 aromatic carbocycles. The van der Waals surface area contributed by atoms with Gasteiger partial charge in [-0.3, -0.25) is 86.9 Å². The Hall–Kier alpha value is -12.7. The summed E-state index contributed by atoms with van der Waals surface area (Å²) < 4.78 is 0. The lowest BCUT2D eigenvalue weighted by Crippen LogP contribution is -2.60. The molecule has 684 valence electrons. The number of hydrogen-bond donors (Lipinski definition) is 16. The van der Waals surface area contributed by atoms with Crippen molar-refractivity contribution in [2.45, 2.75) is 230 Å². The van der Waals surface area contributed by atoms with Crippen LogP contribution < -0.4 is 64.2 Å². The number of hydrogen-bond acceptors (Lipinski definition) is 19. The molecule has 0 aliphatic carbocycles. The van der Waals surface area contributed by atoms with Gasteiger partial charge in [0.2, 0.25) is 82.7 Å². The van der Waals surface area contributed by atoms with Crippen molar-refractivity contribution in [2.75, 3.05) is 65.4 Å². The lowest BCUT2D eigenvalue weighted by Gasteiger charge is -2.34. The maximum Gasteiger partial charge on any atom is 0.326 e. The fourth-order valence-corrected chi connectivity index (χ4v) is 14.4. The molecule has 14 amide bonds. The van der Waals surface area contributed by atoms with Crippen LogP contribution in [0.4, 0.5) is 0 Å². The number of carboxylic acid groups (broad SMARTS) is 3. The number of carbonyl (C=O) groups is 18. The number of unbranched alkanes of at least 4 members (excludes halogenated alkanes) is 1. The number of nitrogens with two attached hydrogens (primary N) is 1. The third kappa shape index (κ3) is 38.3. The van der Waals surface area contributed by atoms with Crippen LogP contribution in [0.5, 0.6) is 0 Å². The summed E-state index contributed by atoms with van der Waals surface area (Å²) in [5.74, 6) is -13.3. The fourth-order valence-electron chi connectivity index (χ4n) is 14.4. The molecule has 3 aliphatic rings. The number of carbonyl (C=O) groups excluding carboxylic acids is 15. The van der Waals surface area contributed by atoms with E-state index in [4.69, 9.17) is 11.1 Å². The van der Waals surface area contributed by atoms with Crippen molar-refractivity contribution >= 4 is 112 Å². The number of aliphatic carboxylic acids is 3. The highest BCUT2D eigenvalue weighted by Crippen LogP contribution is 2.27. The van der Waals surface area contributed by atoms with E-state index < -0.39 is 162 Å². The first-order valence-electron chi connectivity index (χ1n) is 42.6. The van der Waals surface area contributed by atoms with Crippen LogP contribution in [-0.2, 0) is 99.1 Å². The molecule has 125 heavy (non-hydrogen) atoms. The highest BCUT2D eigenvalue weighted by molar-refractivity contribution is 5.99. The normalized spacial score (nSPS) is 16.7. The lowest BCUT2D eigenvalue weighted by molar-refractivity contribution is -0.146. The molecule has 3 aliphatic heterocycles. The Bertz CT molecular complexity index is 4160. The number of Topliss-reactive ketones (excluding diaryl/α,β-unsaturated/α-hetero) is 1. The van der Waals surface area contributed by atoms with E-state index in [-0.39, 0.29) is 171 Å². The predicted molar refractivity (Wildman–Crippen MR) is 459 cm³/mol. The van der Waals surface area contributed by atoms with Gasteiger partial charge < -0.3 is 99.1 Å². The lowest BCUT2D eigenvalue weighted by atomic mass is 9.96. The summed E-state index contributed by atoms with van der Waals surface area (Å²) in [5, 5.41) is 65.8. The number of benzene rings is 2. The Morgan fingerprint density at radius 3 is 1.43 bits per heavy atom. The van der Waals surface area contributed by atoms with Gasteiger partial charge in [-0.1, -0.05) is 143 Å². The van der Waals surface area contributed by atoms with E-state index in [1.165, 1.54) is 44.8 Å². The number of amides is 14. The monoisotopic (exact) mass is 1740 g/mol. The molecule has 17 N–H and O–H groups in total. The van der Waals surface area contributed by atoms with Gasteiger partial charge in [0.25, 0.3) is 0 Å². The summed E-state index contributed by atoms with van der Waals surface area (Å²) in [6.45, 7) is 9.45. The van der Waals surface area contributed by atoms with E-state index in [1.54, 1.807) is 74.6 Å². The molecular formula is C87H125N17O21. The van der Waals surface area contributed by atoms with Gasteiger partial charge in [-0.2, -0.15) is 0 Å². The first kappa shape index (κ1) is 103. The molecule has 1 unspecified atom stereocenters. The van der Waals surface area contributed by atoms with Crippen molar-refractivity contribution in [3.8, 4) is 0 Å². The van der Waals surface area contributed by atoms with E-state index in [0.29, 0.717) is 57.1 Å². The van der Waals surface area contributed by atoms with E-state index in [2.05, 4.69) is 58.5 Å². The number of carboxylic acids is 3. The minimum atomic E-state index is -1.75. The molecule has 0 saturated carbocycles. The third-order valence-electron chi connectivity index (χ3n) is 21.0. The second-order valence-electron chi connectivity index (χ2n) is 31.5. The zero-order valence-corrected chi connectivity index (χ0v) is 71.9. The quantitative estimate of drug-likeness (QED) is 0.0190. The number of nitrogens with zero attached hydrogens (tertiary/aromatic N) is 4. The first-order valence-corrected chi connectivity index (χ1v) is 42.6. The summed E-state index contributed by atoms with van der Waals surface area (Å²) in [6, 6.07) is 6.14. The topological polar surface area (TPSA) is 563 Å². The Labute approximate surface area is 727 Å². The van der Waals surface area contributed by atoms with Crippen molar-refractivity contribution < 1.29 is 102 Å².